The average Bonchev–Trinajstić information content (AvgIpc) is 2.63. The van der Waals surface area contributed by atoms with Crippen LogP contribution in [0, 0.1) is 11.8 Å². The minimum Gasteiger partial charge on any atom is -0.399 e. The smallest absolute Gasteiger partial charge is 0.206 e. The molecule has 0 aliphatic rings. The third-order valence-corrected chi connectivity index (χ3v) is 3.04. The number of nitrogens with zero attached hydrogens (tertiary/aromatic N) is 3. The Kier molecular flexibility index (Phi) is 3.43. The molecule has 4 heteroatoms. The van der Waals surface area contributed by atoms with Crippen molar-refractivity contribution < 1.29 is 0 Å². The van der Waals surface area contributed by atoms with Gasteiger partial charge < -0.3 is 15.2 Å². The molecule has 4 nitrogen and oxygen atoms in total. The molecule has 0 bridgehead atoms. The Hall–Kier alpha value is -1.71. The van der Waals surface area contributed by atoms with E-state index in [0.717, 1.165) is 29.2 Å². The lowest BCUT2D eigenvalue weighted by Crippen LogP contribution is -2.18. The molecule has 1 aromatic carbocycles. The third kappa shape index (κ3) is 3.00. The van der Waals surface area contributed by atoms with Crippen LogP contribution < -0.4 is 10.6 Å². The van der Waals surface area contributed by atoms with Crippen molar-refractivity contribution in [3.8, 4) is 0 Å². The number of fused-ring (bicyclic) bond motifs is 1. The Morgan fingerprint density at radius 2 is 2.00 bits per heavy atom. The van der Waals surface area contributed by atoms with Crippen molar-refractivity contribution >= 4 is 22.7 Å². The van der Waals surface area contributed by atoms with E-state index in [2.05, 4.69) is 36.7 Å². The summed E-state index contributed by atoms with van der Waals surface area (Å²) in [5.41, 5.74) is 8.85. The van der Waals surface area contributed by atoms with Gasteiger partial charge in [-0.3, -0.25) is 0 Å². The van der Waals surface area contributed by atoms with Crippen LogP contribution in [0.5, 0.6) is 0 Å². The maximum Gasteiger partial charge on any atom is 0.206 e. The molecule has 0 amide bonds. The van der Waals surface area contributed by atoms with Crippen LogP contribution in [0.3, 0.4) is 0 Å². The minimum absolute atomic E-state index is 0.188. The van der Waals surface area contributed by atoms with Crippen LogP contribution in [0.25, 0.3) is 11.0 Å². The normalized spacial score (nSPS) is 12.1. The number of hydrogen-bond acceptors (Lipinski definition) is 3. The van der Waals surface area contributed by atoms with E-state index in [1.54, 1.807) is 0 Å². The quantitative estimate of drug-likeness (QED) is 0.862. The standard InChI is InChI=1S/C15H23N4/c1-15(2,3)8-9-19-13-7-6-11(16)10-12(13)17-14(19)18(4)5/h6-8,10H,9,16H2,1-5H3. The van der Waals surface area contributed by atoms with Gasteiger partial charge in [-0.2, -0.15) is 0 Å². The van der Waals surface area contributed by atoms with Gasteiger partial charge in [0.25, 0.3) is 0 Å². The van der Waals surface area contributed by atoms with Crippen LogP contribution in [0.2, 0.25) is 0 Å². The molecule has 0 aliphatic heterocycles. The summed E-state index contributed by atoms with van der Waals surface area (Å²) >= 11 is 0. The van der Waals surface area contributed by atoms with Gasteiger partial charge in [-0.15, -0.1) is 0 Å². The molecule has 2 aromatic rings. The van der Waals surface area contributed by atoms with Gasteiger partial charge in [-0.05, 0) is 30.0 Å². The summed E-state index contributed by atoms with van der Waals surface area (Å²) < 4.78 is 2.22. The van der Waals surface area contributed by atoms with Crippen molar-refractivity contribution in [1.29, 1.82) is 0 Å². The fraction of sp³-hybridized carbons (Fsp3) is 0.467. The van der Waals surface area contributed by atoms with Gasteiger partial charge in [0.1, 0.15) is 0 Å². The summed E-state index contributed by atoms with van der Waals surface area (Å²) in [4.78, 5) is 6.70. The van der Waals surface area contributed by atoms with Gasteiger partial charge in [0.2, 0.25) is 5.95 Å². The second-order valence-electron chi connectivity index (χ2n) is 6.24. The zero-order chi connectivity index (χ0) is 14.2. The molecule has 103 valence electrons. The van der Waals surface area contributed by atoms with Crippen molar-refractivity contribution in [1.82, 2.24) is 9.55 Å². The van der Waals surface area contributed by atoms with Crippen LogP contribution in [-0.4, -0.2) is 23.6 Å². The second-order valence-corrected chi connectivity index (χ2v) is 6.24. The fourth-order valence-corrected chi connectivity index (χ4v) is 2.02. The van der Waals surface area contributed by atoms with Gasteiger partial charge in [-0.1, -0.05) is 20.8 Å². The summed E-state index contributed by atoms with van der Waals surface area (Å²) in [6.07, 6.45) is 2.30. The summed E-state index contributed by atoms with van der Waals surface area (Å²) in [5, 5.41) is 0. The Morgan fingerprint density at radius 3 is 2.58 bits per heavy atom. The Bertz CT molecular complexity index is 576. The Morgan fingerprint density at radius 1 is 1.32 bits per heavy atom. The lowest BCUT2D eigenvalue weighted by Gasteiger charge is -2.20. The molecule has 2 N–H and O–H groups in total. The van der Waals surface area contributed by atoms with E-state index in [4.69, 9.17) is 5.73 Å². The monoisotopic (exact) mass is 259 g/mol. The zero-order valence-corrected chi connectivity index (χ0v) is 12.4. The molecule has 0 atom stereocenters. The van der Waals surface area contributed by atoms with Gasteiger partial charge in [0.15, 0.2) is 0 Å². The Labute approximate surface area is 115 Å². The first-order chi connectivity index (χ1) is 8.78. The molecular weight excluding hydrogens is 236 g/mol. The van der Waals surface area contributed by atoms with E-state index >= 15 is 0 Å². The first-order valence-electron chi connectivity index (χ1n) is 6.55. The SMILES string of the molecule is CN(C)c1nc2cc(N)ccc2n1C[CH]C(C)(C)C. The first-order valence-corrected chi connectivity index (χ1v) is 6.55. The predicted molar refractivity (Wildman–Crippen MR) is 82.2 cm³/mol. The average molecular weight is 259 g/mol. The van der Waals surface area contributed by atoms with Crippen molar-refractivity contribution in [3.05, 3.63) is 24.6 Å². The molecule has 0 saturated carbocycles. The summed E-state index contributed by atoms with van der Waals surface area (Å²) in [7, 11) is 4.02. The number of nitrogens with two attached hydrogens (primary N) is 1. The molecule has 0 spiro atoms. The van der Waals surface area contributed by atoms with Crippen LogP contribution in [0.4, 0.5) is 11.6 Å². The maximum atomic E-state index is 5.83. The van der Waals surface area contributed by atoms with Crippen LogP contribution in [0.1, 0.15) is 20.8 Å². The molecule has 1 aromatic heterocycles. The molecule has 0 unspecified atom stereocenters. The molecule has 1 heterocycles. The number of anilines is 2. The highest BCUT2D eigenvalue weighted by molar-refractivity contribution is 5.82. The van der Waals surface area contributed by atoms with Gasteiger partial charge >= 0.3 is 0 Å². The molecule has 0 fully saturated rings. The van der Waals surface area contributed by atoms with Crippen LogP contribution in [0.15, 0.2) is 18.2 Å². The van der Waals surface area contributed by atoms with Gasteiger partial charge in [-0.25, -0.2) is 4.98 Å². The molecule has 0 saturated heterocycles. The lowest BCUT2D eigenvalue weighted by atomic mass is 9.92. The molecule has 1 radical (unpaired) electrons. The van der Waals surface area contributed by atoms with Crippen LogP contribution >= 0.6 is 0 Å². The predicted octanol–water partition coefficient (Wildman–Crippen LogP) is 2.93. The summed E-state index contributed by atoms with van der Waals surface area (Å²) in [6.45, 7) is 7.47. The topological polar surface area (TPSA) is 47.1 Å². The highest BCUT2D eigenvalue weighted by Crippen LogP contribution is 2.26. The van der Waals surface area contributed by atoms with Crippen molar-refractivity contribution in [2.45, 2.75) is 27.3 Å². The van der Waals surface area contributed by atoms with Gasteiger partial charge in [0, 0.05) is 26.3 Å². The number of aromatic nitrogens is 2. The highest BCUT2D eigenvalue weighted by atomic mass is 15.3. The number of nitrogen functional groups attached to an aromatic ring is 1. The molecule has 0 aliphatic carbocycles. The van der Waals surface area contributed by atoms with Crippen molar-refractivity contribution in [2.24, 2.45) is 5.41 Å². The van der Waals surface area contributed by atoms with E-state index in [1.165, 1.54) is 0 Å². The summed E-state index contributed by atoms with van der Waals surface area (Å²) in [6, 6.07) is 5.90. The number of imidazole rings is 1. The number of rotatable bonds is 3. The minimum atomic E-state index is 0.188. The molecular formula is C15H23N4. The van der Waals surface area contributed by atoms with Gasteiger partial charge in [0.05, 0.1) is 11.0 Å². The molecule has 2 rings (SSSR count). The van der Waals surface area contributed by atoms with E-state index in [1.807, 2.05) is 37.2 Å². The zero-order valence-electron chi connectivity index (χ0n) is 12.4. The van der Waals surface area contributed by atoms with Crippen molar-refractivity contribution in [3.63, 3.8) is 0 Å². The first kappa shape index (κ1) is 13.7. The third-order valence-electron chi connectivity index (χ3n) is 3.04. The van der Waals surface area contributed by atoms with E-state index in [0.29, 0.717) is 0 Å². The highest BCUT2D eigenvalue weighted by Gasteiger charge is 2.16. The van der Waals surface area contributed by atoms with Crippen molar-refractivity contribution in [2.75, 3.05) is 24.7 Å². The van der Waals surface area contributed by atoms with E-state index in [-0.39, 0.29) is 5.41 Å². The summed E-state index contributed by atoms with van der Waals surface area (Å²) in [5.74, 6) is 0.959. The molecule has 19 heavy (non-hydrogen) atoms. The largest absolute Gasteiger partial charge is 0.399 e. The maximum absolute atomic E-state index is 5.83. The Balaban J connectivity index is 2.46. The lowest BCUT2D eigenvalue weighted by molar-refractivity contribution is 0.462. The van der Waals surface area contributed by atoms with E-state index in [9.17, 15) is 0 Å². The van der Waals surface area contributed by atoms with Crippen LogP contribution in [-0.2, 0) is 6.54 Å². The second kappa shape index (κ2) is 4.76. The number of benzene rings is 1. The number of hydrogen-bond donors (Lipinski definition) is 1. The fourth-order valence-electron chi connectivity index (χ4n) is 2.02. The van der Waals surface area contributed by atoms with E-state index < -0.39 is 0 Å².